The summed E-state index contributed by atoms with van der Waals surface area (Å²) in [6.07, 6.45) is 0. The molecule has 0 N–H and O–H groups in total. The van der Waals surface area contributed by atoms with E-state index in [2.05, 4.69) is 24.3 Å². The zero-order valence-electron chi connectivity index (χ0n) is 12.5. The minimum absolute atomic E-state index is 0.531. The molecular weight excluding hydrogens is 312 g/mol. The molecule has 0 fully saturated rings. The van der Waals surface area contributed by atoms with Crippen LogP contribution in [0.5, 0.6) is 11.9 Å². The molecule has 0 spiro atoms. The highest BCUT2D eigenvalue weighted by Crippen LogP contribution is 2.40. The Kier molecular flexibility index (Phi) is 2.47. The molecule has 5 aromatic rings. The smallest absolute Gasteiger partial charge is 0.285 e. The lowest BCUT2D eigenvalue weighted by Gasteiger charge is -1.93. The largest absolute Gasteiger partial charge is 0.468 e. The van der Waals surface area contributed by atoms with Crippen molar-refractivity contribution >= 4 is 53.4 Å². The van der Waals surface area contributed by atoms with E-state index in [1.807, 2.05) is 12.1 Å². The highest BCUT2D eigenvalue weighted by atomic mass is 32.1. The Morgan fingerprint density at radius 1 is 0.696 bits per heavy atom. The lowest BCUT2D eigenvalue weighted by atomic mass is 10.1. The van der Waals surface area contributed by atoms with Gasteiger partial charge in [-0.3, -0.25) is 0 Å². The molecule has 0 aliphatic carbocycles. The van der Waals surface area contributed by atoms with Crippen molar-refractivity contribution in [3.63, 3.8) is 0 Å². The van der Waals surface area contributed by atoms with Gasteiger partial charge in [0.25, 0.3) is 11.9 Å². The van der Waals surface area contributed by atoms with Crippen molar-refractivity contribution < 1.29 is 18.3 Å². The summed E-state index contributed by atoms with van der Waals surface area (Å²) >= 11 is 1.72. The summed E-state index contributed by atoms with van der Waals surface area (Å²) in [4.78, 5) is 0. The number of hydrogen-bond donors (Lipinski definition) is 0. The van der Waals surface area contributed by atoms with Crippen molar-refractivity contribution in [2.24, 2.45) is 0 Å². The second kappa shape index (κ2) is 4.43. The average molecular weight is 324 g/mol. The standard InChI is InChI=1S/C18H12O4S/c1-19-17-5-9-3-11-12-4-10-6-18(20-2)22-14(10)8-16(12)23-15(11)7-13(9)21-17/h3-8H,1-2H3. The van der Waals surface area contributed by atoms with E-state index >= 15 is 0 Å². The van der Waals surface area contributed by atoms with E-state index in [-0.39, 0.29) is 0 Å². The Morgan fingerprint density at radius 3 is 1.61 bits per heavy atom. The predicted octanol–water partition coefficient (Wildman–Crippen LogP) is 5.56. The Bertz CT molecular complexity index is 1100. The van der Waals surface area contributed by atoms with Crippen molar-refractivity contribution in [2.75, 3.05) is 14.2 Å². The summed E-state index contributed by atoms with van der Waals surface area (Å²) in [7, 11) is 3.22. The van der Waals surface area contributed by atoms with Crippen molar-refractivity contribution in [2.45, 2.75) is 0 Å². The lowest BCUT2D eigenvalue weighted by Crippen LogP contribution is -1.75. The van der Waals surface area contributed by atoms with Gasteiger partial charge in [-0.2, -0.15) is 0 Å². The van der Waals surface area contributed by atoms with E-state index in [0.29, 0.717) is 11.9 Å². The molecule has 2 aromatic carbocycles. The summed E-state index contributed by atoms with van der Waals surface area (Å²) in [6.45, 7) is 0. The van der Waals surface area contributed by atoms with Gasteiger partial charge in [-0.05, 0) is 24.3 Å². The number of fused-ring (bicyclic) bond motifs is 5. The third kappa shape index (κ3) is 1.77. The molecule has 0 bridgehead atoms. The molecule has 0 radical (unpaired) electrons. The molecule has 0 aliphatic heterocycles. The zero-order valence-corrected chi connectivity index (χ0v) is 13.3. The van der Waals surface area contributed by atoms with Gasteiger partial charge in [0.15, 0.2) is 0 Å². The van der Waals surface area contributed by atoms with Crippen LogP contribution < -0.4 is 9.47 Å². The fraction of sp³-hybridized carbons (Fsp3) is 0.111. The van der Waals surface area contributed by atoms with Crippen molar-refractivity contribution in [3.8, 4) is 11.9 Å². The van der Waals surface area contributed by atoms with Crippen molar-refractivity contribution in [1.82, 2.24) is 0 Å². The van der Waals surface area contributed by atoms with E-state index in [1.165, 1.54) is 20.2 Å². The number of rotatable bonds is 2. The second-order valence-corrected chi connectivity index (χ2v) is 6.50. The third-order valence-electron chi connectivity index (χ3n) is 4.10. The first kappa shape index (κ1) is 12.8. The molecule has 0 saturated heterocycles. The Labute approximate surface area is 134 Å². The minimum Gasteiger partial charge on any atom is -0.468 e. The minimum atomic E-state index is 0.531. The third-order valence-corrected chi connectivity index (χ3v) is 5.22. The summed E-state index contributed by atoms with van der Waals surface area (Å²) in [5.74, 6) is 1.06. The summed E-state index contributed by atoms with van der Waals surface area (Å²) in [5, 5.41) is 4.50. The number of thiophene rings is 1. The van der Waals surface area contributed by atoms with Gasteiger partial charge in [0.2, 0.25) is 0 Å². The van der Waals surface area contributed by atoms with Crippen molar-refractivity contribution in [3.05, 3.63) is 36.4 Å². The second-order valence-electron chi connectivity index (χ2n) is 5.41. The highest BCUT2D eigenvalue weighted by Gasteiger charge is 2.13. The van der Waals surface area contributed by atoms with Crippen LogP contribution in [-0.2, 0) is 0 Å². The van der Waals surface area contributed by atoms with E-state index in [4.69, 9.17) is 18.3 Å². The van der Waals surface area contributed by atoms with Crippen LogP contribution in [0.1, 0.15) is 0 Å². The van der Waals surface area contributed by atoms with E-state index in [1.54, 1.807) is 25.6 Å². The predicted molar refractivity (Wildman–Crippen MR) is 92.0 cm³/mol. The molecule has 0 amide bonds. The topological polar surface area (TPSA) is 44.7 Å². The van der Waals surface area contributed by atoms with Crippen LogP contribution in [-0.4, -0.2) is 14.2 Å². The van der Waals surface area contributed by atoms with Crippen LogP contribution in [0.4, 0.5) is 0 Å². The fourth-order valence-corrected chi connectivity index (χ4v) is 4.12. The van der Waals surface area contributed by atoms with Gasteiger partial charge in [-0.25, -0.2) is 0 Å². The number of furan rings is 2. The quantitative estimate of drug-likeness (QED) is 0.426. The SMILES string of the molecule is COc1cc2cc3c(cc2o1)sc1cc2oc(OC)cc2cc13. The zero-order chi connectivity index (χ0) is 15.6. The average Bonchev–Trinajstić information content (AvgIpc) is 3.23. The van der Waals surface area contributed by atoms with Crippen molar-refractivity contribution in [1.29, 1.82) is 0 Å². The number of hydrogen-bond acceptors (Lipinski definition) is 5. The molecule has 5 heteroatoms. The first-order chi connectivity index (χ1) is 11.2. The van der Waals surface area contributed by atoms with Gasteiger partial charge in [-0.1, -0.05) is 0 Å². The van der Waals surface area contributed by atoms with Crippen LogP contribution in [0.2, 0.25) is 0 Å². The molecule has 0 unspecified atom stereocenters. The first-order valence-corrected chi connectivity index (χ1v) is 7.98. The molecule has 4 nitrogen and oxygen atoms in total. The number of methoxy groups -OCH3 is 2. The Balaban J connectivity index is 1.86. The maximum atomic E-state index is 5.66. The van der Waals surface area contributed by atoms with Gasteiger partial charge in [0.05, 0.1) is 14.2 Å². The molecule has 0 atom stereocenters. The van der Waals surface area contributed by atoms with E-state index in [0.717, 1.165) is 21.9 Å². The monoisotopic (exact) mass is 324 g/mol. The highest BCUT2D eigenvalue weighted by molar-refractivity contribution is 7.26. The van der Waals surface area contributed by atoms with Gasteiger partial charge < -0.3 is 18.3 Å². The molecule has 5 rings (SSSR count). The number of ether oxygens (including phenoxy) is 2. The van der Waals surface area contributed by atoms with Crippen LogP contribution >= 0.6 is 11.3 Å². The number of benzene rings is 2. The normalized spacial score (nSPS) is 11.9. The van der Waals surface area contributed by atoms with Gasteiger partial charge in [-0.15, -0.1) is 11.3 Å². The molecule has 3 aromatic heterocycles. The maximum absolute atomic E-state index is 5.66. The van der Waals surface area contributed by atoms with Gasteiger partial charge >= 0.3 is 0 Å². The van der Waals surface area contributed by atoms with E-state index < -0.39 is 0 Å². The fourth-order valence-electron chi connectivity index (χ4n) is 3.00. The van der Waals surface area contributed by atoms with Gasteiger partial charge in [0.1, 0.15) is 11.2 Å². The van der Waals surface area contributed by atoms with Crippen LogP contribution in [0, 0.1) is 0 Å². The summed E-state index contributed by atoms with van der Waals surface area (Å²) in [5.41, 5.74) is 1.68. The maximum Gasteiger partial charge on any atom is 0.285 e. The molecular formula is C18H12O4S. The van der Waals surface area contributed by atoms with E-state index in [9.17, 15) is 0 Å². The Morgan fingerprint density at radius 2 is 1.17 bits per heavy atom. The molecule has 114 valence electrons. The summed E-state index contributed by atoms with van der Waals surface area (Å²) in [6, 6.07) is 12.3. The lowest BCUT2D eigenvalue weighted by molar-refractivity contribution is 0.315. The van der Waals surface area contributed by atoms with Crippen LogP contribution in [0.25, 0.3) is 42.1 Å². The van der Waals surface area contributed by atoms with Gasteiger partial charge in [0, 0.05) is 43.1 Å². The summed E-state index contributed by atoms with van der Waals surface area (Å²) < 4.78 is 24.0. The van der Waals surface area contributed by atoms with Crippen LogP contribution in [0.3, 0.4) is 0 Å². The molecule has 0 saturated carbocycles. The molecule has 0 aliphatic rings. The first-order valence-electron chi connectivity index (χ1n) is 7.16. The molecule has 3 heterocycles. The van der Waals surface area contributed by atoms with Crippen LogP contribution in [0.15, 0.2) is 45.2 Å². The molecule has 23 heavy (non-hydrogen) atoms. The Hall–Kier alpha value is -2.66.